The van der Waals surface area contributed by atoms with Crippen LogP contribution in [0.3, 0.4) is 0 Å². The number of rotatable bonds is 6. The van der Waals surface area contributed by atoms with Crippen molar-refractivity contribution in [3.63, 3.8) is 0 Å². The van der Waals surface area contributed by atoms with E-state index in [1.165, 1.54) is 0 Å². The smallest absolute Gasteiger partial charge is 0.221 e. The molecule has 0 bridgehead atoms. The summed E-state index contributed by atoms with van der Waals surface area (Å²) >= 11 is 0. The number of hydrogen-bond acceptors (Lipinski definition) is 5. The summed E-state index contributed by atoms with van der Waals surface area (Å²) in [6.07, 6.45) is 6.40. The lowest BCUT2D eigenvalue weighted by Gasteiger charge is -2.37. The average Bonchev–Trinajstić information content (AvgIpc) is 3.11. The van der Waals surface area contributed by atoms with Crippen molar-refractivity contribution in [1.82, 2.24) is 20.2 Å². The highest BCUT2D eigenvalue weighted by Gasteiger charge is 2.36. The number of hydroxylamine groups is 2. The molecule has 7 nitrogen and oxygen atoms in total. The van der Waals surface area contributed by atoms with Gasteiger partial charge in [-0.2, -0.15) is 10.2 Å². The Morgan fingerprint density at radius 1 is 1.59 bits per heavy atom. The number of hydrogen-bond donors (Lipinski definition) is 2. The molecule has 0 radical (unpaired) electrons. The number of aliphatic hydroxyl groups excluding tert-OH is 1. The maximum Gasteiger partial charge on any atom is 0.221 e. The van der Waals surface area contributed by atoms with E-state index >= 15 is 0 Å². The van der Waals surface area contributed by atoms with Gasteiger partial charge < -0.3 is 10.4 Å². The van der Waals surface area contributed by atoms with E-state index in [1.54, 1.807) is 10.9 Å². The number of carbonyl (C=O) groups is 1. The molecule has 0 spiro atoms. The maximum absolute atomic E-state index is 12.2. The van der Waals surface area contributed by atoms with E-state index in [4.69, 9.17) is 4.84 Å². The molecule has 1 aliphatic heterocycles. The van der Waals surface area contributed by atoms with Crippen molar-refractivity contribution in [2.75, 3.05) is 19.7 Å². The molecule has 2 N–H and O–H groups in total. The van der Waals surface area contributed by atoms with Gasteiger partial charge in [0.15, 0.2) is 0 Å². The molecule has 2 fully saturated rings. The van der Waals surface area contributed by atoms with Gasteiger partial charge in [0.2, 0.25) is 5.91 Å². The van der Waals surface area contributed by atoms with Crippen molar-refractivity contribution in [3.05, 3.63) is 18.0 Å². The Balaban J connectivity index is 1.56. The molecular weight excluding hydrogens is 284 g/mol. The molecule has 1 amide bonds. The second-order valence-electron chi connectivity index (χ2n) is 6.24. The fraction of sp³-hybridized carbons (Fsp3) is 0.733. The largest absolute Gasteiger partial charge is 0.393 e. The maximum atomic E-state index is 12.2. The van der Waals surface area contributed by atoms with E-state index in [9.17, 15) is 9.90 Å². The van der Waals surface area contributed by atoms with Crippen LogP contribution in [0.15, 0.2) is 12.4 Å². The number of nitrogens with zero attached hydrogens (tertiary/aromatic N) is 3. The highest BCUT2D eigenvalue weighted by molar-refractivity contribution is 5.76. The van der Waals surface area contributed by atoms with Gasteiger partial charge in [0.05, 0.1) is 24.9 Å². The van der Waals surface area contributed by atoms with E-state index in [0.29, 0.717) is 13.0 Å². The third-order valence-corrected chi connectivity index (χ3v) is 4.44. The van der Waals surface area contributed by atoms with E-state index in [2.05, 4.69) is 10.4 Å². The van der Waals surface area contributed by atoms with Crippen LogP contribution >= 0.6 is 0 Å². The minimum absolute atomic E-state index is 0.0192. The second-order valence-corrected chi connectivity index (χ2v) is 6.24. The van der Waals surface area contributed by atoms with Crippen LogP contribution in [0.1, 0.15) is 37.3 Å². The predicted molar refractivity (Wildman–Crippen MR) is 79.6 cm³/mol. The molecule has 1 aromatic heterocycles. The van der Waals surface area contributed by atoms with Crippen LogP contribution in [-0.4, -0.2) is 51.7 Å². The Labute approximate surface area is 130 Å². The van der Waals surface area contributed by atoms with Gasteiger partial charge in [-0.1, -0.05) is 0 Å². The first kappa shape index (κ1) is 15.5. The van der Waals surface area contributed by atoms with Crippen LogP contribution in [0.25, 0.3) is 0 Å². The van der Waals surface area contributed by atoms with Crippen LogP contribution < -0.4 is 5.32 Å². The molecule has 3 rings (SSSR count). The molecule has 122 valence electrons. The van der Waals surface area contributed by atoms with Gasteiger partial charge >= 0.3 is 0 Å². The summed E-state index contributed by atoms with van der Waals surface area (Å²) in [6.45, 7) is 2.27. The molecule has 0 unspecified atom stereocenters. The summed E-state index contributed by atoms with van der Waals surface area (Å²) < 4.78 is 1.74. The number of aryl methyl sites for hydroxylation is 1. The molecule has 7 heteroatoms. The van der Waals surface area contributed by atoms with Crippen LogP contribution in [-0.2, 0) is 16.7 Å². The average molecular weight is 308 g/mol. The number of amides is 1. The normalized spacial score (nSPS) is 26.6. The Morgan fingerprint density at radius 2 is 2.41 bits per heavy atom. The SMILES string of the molecule is Cn1cc([C@@H](NC(=O)CCN2CCCO2)C2CC(O)C2)cn1. The predicted octanol–water partition coefficient (Wildman–Crippen LogP) is 0.376. The third-order valence-electron chi connectivity index (χ3n) is 4.44. The molecule has 22 heavy (non-hydrogen) atoms. The Morgan fingerprint density at radius 3 is 3.00 bits per heavy atom. The molecule has 1 aliphatic carbocycles. The fourth-order valence-electron chi connectivity index (χ4n) is 3.12. The van der Waals surface area contributed by atoms with Crippen LogP contribution in [0.2, 0.25) is 0 Å². The molecule has 0 aromatic carbocycles. The highest BCUT2D eigenvalue weighted by atomic mass is 16.7. The third kappa shape index (κ3) is 3.66. The van der Waals surface area contributed by atoms with Crippen LogP contribution in [0.5, 0.6) is 0 Å². The summed E-state index contributed by atoms with van der Waals surface area (Å²) in [5, 5.41) is 18.7. The van der Waals surface area contributed by atoms with Gasteiger partial charge in [0, 0.05) is 38.3 Å². The van der Waals surface area contributed by atoms with Crippen molar-refractivity contribution in [2.45, 2.75) is 37.8 Å². The minimum atomic E-state index is -0.237. The van der Waals surface area contributed by atoms with Gasteiger partial charge in [-0.25, -0.2) is 0 Å². The van der Waals surface area contributed by atoms with Crippen molar-refractivity contribution in [3.8, 4) is 0 Å². The highest BCUT2D eigenvalue weighted by Crippen LogP contribution is 2.37. The fourth-order valence-corrected chi connectivity index (χ4v) is 3.12. The molecule has 1 aromatic rings. The lowest BCUT2D eigenvalue weighted by atomic mass is 9.75. The number of aliphatic hydroxyl groups is 1. The van der Waals surface area contributed by atoms with Gasteiger partial charge in [0.25, 0.3) is 0 Å². The van der Waals surface area contributed by atoms with Crippen molar-refractivity contribution in [1.29, 1.82) is 0 Å². The molecule has 1 saturated carbocycles. The minimum Gasteiger partial charge on any atom is -0.393 e. The van der Waals surface area contributed by atoms with Crippen molar-refractivity contribution in [2.24, 2.45) is 13.0 Å². The topological polar surface area (TPSA) is 79.6 Å². The number of aromatic nitrogens is 2. The van der Waals surface area contributed by atoms with E-state index in [-0.39, 0.29) is 24.0 Å². The number of nitrogens with one attached hydrogen (secondary N) is 1. The summed E-state index contributed by atoms with van der Waals surface area (Å²) in [7, 11) is 1.86. The van der Waals surface area contributed by atoms with E-state index < -0.39 is 0 Å². The summed E-state index contributed by atoms with van der Waals surface area (Å²) in [4.78, 5) is 17.6. The molecule has 1 atom stereocenters. The summed E-state index contributed by atoms with van der Waals surface area (Å²) in [5.41, 5.74) is 1.00. The van der Waals surface area contributed by atoms with Gasteiger partial charge in [-0.3, -0.25) is 14.3 Å². The Hall–Kier alpha value is -1.44. The first-order valence-electron chi connectivity index (χ1n) is 7.95. The standard InChI is InChI=1S/C15H24N4O3/c1-18-10-12(9-16-18)15(11-7-13(20)8-11)17-14(21)3-5-19-4-2-6-22-19/h9-11,13,15,20H,2-8H2,1H3,(H,17,21)/t11?,13?,15-/m0/s1. The molecule has 2 aliphatic rings. The van der Waals surface area contributed by atoms with Crippen LogP contribution in [0.4, 0.5) is 0 Å². The number of carbonyl (C=O) groups excluding carboxylic acids is 1. The molecular formula is C15H24N4O3. The zero-order chi connectivity index (χ0) is 15.5. The summed E-state index contributed by atoms with van der Waals surface area (Å²) in [5.74, 6) is 0.303. The van der Waals surface area contributed by atoms with Crippen molar-refractivity contribution >= 4 is 5.91 Å². The first-order chi connectivity index (χ1) is 10.6. The first-order valence-corrected chi connectivity index (χ1v) is 7.95. The van der Waals surface area contributed by atoms with Gasteiger partial charge in [-0.15, -0.1) is 0 Å². The zero-order valence-electron chi connectivity index (χ0n) is 12.9. The molecule has 2 heterocycles. The quantitative estimate of drug-likeness (QED) is 0.794. The summed E-state index contributed by atoms with van der Waals surface area (Å²) in [6, 6.07) is -0.0657. The Bertz CT molecular complexity index is 507. The lowest BCUT2D eigenvalue weighted by molar-refractivity contribution is -0.131. The Kier molecular flexibility index (Phi) is 4.75. The zero-order valence-corrected chi connectivity index (χ0v) is 12.9. The second kappa shape index (κ2) is 6.76. The van der Waals surface area contributed by atoms with E-state index in [0.717, 1.165) is 38.0 Å². The molecule has 1 saturated heterocycles. The van der Waals surface area contributed by atoms with Gasteiger partial charge in [0.1, 0.15) is 0 Å². The van der Waals surface area contributed by atoms with Gasteiger partial charge in [-0.05, 0) is 25.2 Å². The van der Waals surface area contributed by atoms with E-state index in [1.807, 2.05) is 18.3 Å². The monoisotopic (exact) mass is 308 g/mol. The lowest BCUT2D eigenvalue weighted by Crippen LogP contribution is -2.42. The van der Waals surface area contributed by atoms with Crippen molar-refractivity contribution < 1.29 is 14.7 Å². The van der Waals surface area contributed by atoms with Crippen LogP contribution in [0, 0.1) is 5.92 Å².